The highest BCUT2D eigenvalue weighted by Crippen LogP contribution is 2.65. The molecular formula is C21H22N2O3. The molecule has 0 aromatic heterocycles. The summed E-state index contributed by atoms with van der Waals surface area (Å²) in [6.45, 7) is 3.62. The van der Waals surface area contributed by atoms with Gasteiger partial charge < -0.3 is 5.32 Å². The maximum absolute atomic E-state index is 13.0. The predicted octanol–water partition coefficient (Wildman–Crippen LogP) is 2.38. The third-order valence-electron chi connectivity index (χ3n) is 6.78. The van der Waals surface area contributed by atoms with Crippen LogP contribution in [-0.4, -0.2) is 28.7 Å². The molecule has 1 aliphatic heterocycles. The predicted molar refractivity (Wildman–Crippen MR) is 95.8 cm³/mol. The molecule has 1 heterocycles. The lowest BCUT2D eigenvalue weighted by molar-refractivity contribution is -0.146. The summed E-state index contributed by atoms with van der Waals surface area (Å²) < 4.78 is 0. The van der Waals surface area contributed by atoms with E-state index in [1.54, 1.807) is 6.92 Å². The minimum atomic E-state index is -0.794. The summed E-state index contributed by atoms with van der Waals surface area (Å²) in [6, 6.07) is 6.68. The molecule has 0 radical (unpaired) electrons. The maximum Gasteiger partial charge on any atom is 0.247 e. The van der Waals surface area contributed by atoms with E-state index in [0.717, 1.165) is 12.0 Å². The molecule has 3 fully saturated rings. The molecule has 2 saturated carbocycles. The van der Waals surface area contributed by atoms with E-state index in [-0.39, 0.29) is 41.4 Å². The number of carbonyl (C=O) groups excluding carboxylic acids is 3. The van der Waals surface area contributed by atoms with Crippen molar-refractivity contribution in [2.75, 3.05) is 5.32 Å². The van der Waals surface area contributed by atoms with Crippen LogP contribution in [0.25, 0.3) is 0 Å². The van der Waals surface area contributed by atoms with E-state index < -0.39 is 6.04 Å². The van der Waals surface area contributed by atoms with Crippen LogP contribution >= 0.6 is 0 Å². The van der Waals surface area contributed by atoms with Crippen molar-refractivity contribution in [3.05, 3.63) is 42.0 Å². The molecule has 1 N–H and O–H groups in total. The Hall–Kier alpha value is -2.43. The van der Waals surface area contributed by atoms with Crippen molar-refractivity contribution < 1.29 is 14.4 Å². The van der Waals surface area contributed by atoms with E-state index >= 15 is 0 Å². The molecule has 5 nitrogen and oxygen atoms in total. The highest BCUT2D eigenvalue weighted by Gasteiger charge is 2.67. The Labute approximate surface area is 152 Å². The van der Waals surface area contributed by atoms with Crippen LogP contribution in [0.4, 0.5) is 5.69 Å². The van der Waals surface area contributed by atoms with Crippen molar-refractivity contribution in [1.82, 2.24) is 4.90 Å². The average Bonchev–Trinajstić information content (AvgIpc) is 3.41. The lowest BCUT2D eigenvalue weighted by atomic mass is 9.63. The number of anilines is 1. The normalized spacial score (nSPS) is 37.4. The fourth-order valence-corrected chi connectivity index (χ4v) is 5.36. The van der Waals surface area contributed by atoms with Gasteiger partial charge in [0, 0.05) is 5.69 Å². The molecular weight excluding hydrogens is 328 g/mol. The van der Waals surface area contributed by atoms with Gasteiger partial charge in [-0.15, -0.1) is 0 Å². The summed E-state index contributed by atoms with van der Waals surface area (Å²) in [5.41, 5.74) is 1.78. The van der Waals surface area contributed by atoms with Crippen LogP contribution in [0.1, 0.15) is 18.9 Å². The maximum atomic E-state index is 13.0. The number of benzene rings is 1. The van der Waals surface area contributed by atoms with Crippen LogP contribution in [0.5, 0.6) is 0 Å². The molecule has 2 bridgehead atoms. The molecule has 0 unspecified atom stereocenters. The molecule has 5 aliphatic rings. The quantitative estimate of drug-likeness (QED) is 0.672. The van der Waals surface area contributed by atoms with E-state index in [2.05, 4.69) is 17.5 Å². The Bertz CT molecular complexity index is 807. The smallest absolute Gasteiger partial charge is 0.247 e. The molecule has 1 aromatic carbocycles. The van der Waals surface area contributed by atoms with Gasteiger partial charge in [0.2, 0.25) is 17.7 Å². The number of nitrogens with zero attached hydrogens (tertiary/aromatic N) is 1. The second-order valence-electron chi connectivity index (χ2n) is 8.23. The molecule has 134 valence electrons. The minimum absolute atomic E-state index is 0.156. The van der Waals surface area contributed by atoms with Crippen LogP contribution in [-0.2, 0) is 14.4 Å². The first kappa shape index (κ1) is 15.8. The largest absolute Gasteiger partial charge is 0.324 e. The van der Waals surface area contributed by atoms with Crippen molar-refractivity contribution >= 4 is 23.4 Å². The van der Waals surface area contributed by atoms with Crippen molar-refractivity contribution in [3.63, 3.8) is 0 Å². The van der Waals surface area contributed by atoms with E-state index in [4.69, 9.17) is 0 Å². The number of imide groups is 1. The van der Waals surface area contributed by atoms with Crippen LogP contribution in [0, 0.1) is 42.4 Å². The zero-order valence-electron chi connectivity index (χ0n) is 14.9. The molecule has 6 rings (SSSR count). The van der Waals surface area contributed by atoms with Crippen molar-refractivity contribution in [2.24, 2.45) is 35.5 Å². The molecule has 1 aromatic rings. The van der Waals surface area contributed by atoms with Crippen LogP contribution in [0.2, 0.25) is 0 Å². The number of hydrogen-bond acceptors (Lipinski definition) is 3. The number of carbonyl (C=O) groups is 3. The molecule has 4 aliphatic carbocycles. The van der Waals surface area contributed by atoms with Gasteiger partial charge in [0.25, 0.3) is 0 Å². The monoisotopic (exact) mass is 350 g/mol. The Morgan fingerprint density at radius 2 is 1.58 bits per heavy atom. The molecule has 7 atom stereocenters. The van der Waals surface area contributed by atoms with Crippen molar-refractivity contribution in [1.29, 1.82) is 0 Å². The van der Waals surface area contributed by atoms with Gasteiger partial charge in [0.05, 0.1) is 11.8 Å². The Kier molecular flexibility index (Phi) is 3.21. The first-order chi connectivity index (χ1) is 12.5. The number of rotatable bonds is 3. The van der Waals surface area contributed by atoms with Gasteiger partial charge in [0.1, 0.15) is 6.04 Å². The van der Waals surface area contributed by atoms with Gasteiger partial charge >= 0.3 is 0 Å². The van der Waals surface area contributed by atoms with Gasteiger partial charge in [-0.25, -0.2) is 0 Å². The fraction of sp³-hybridized carbons (Fsp3) is 0.476. The van der Waals surface area contributed by atoms with Crippen molar-refractivity contribution in [2.45, 2.75) is 26.3 Å². The van der Waals surface area contributed by atoms with E-state index in [1.165, 1.54) is 4.90 Å². The molecule has 26 heavy (non-hydrogen) atoms. The topological polar surface area (TPSA) is 66.5 Å². The summed E-state index contributed by atoms with van der Waals surface area (Å²) in [5, 5.41) is 2.82. The summed E-state index contributed by atoms with van der Waals surface area (Å²) in [7, 11) is 0. The van der Waals surface area contributed by atoms with Crippen LogP contribution < -0.4 is 5.32 Å². The van der Waals surface area contributed by atoms with Crippen LogP contribution in [0.3, 0.4) is 0 Å². The summed E-state index contributed by atoms with van der Waals surface area (Å²) in [4.78, 5) is 40.0. The first-order valence-electron chi connectivity index (χ1n) is 9.40. The lowest BCUT2D eigenvalue weighted by Crippen LogP contribution is -2.46. The second kappa shape index (κ2) is 5.29. The Balaban J connectivity index is 1.37. The average molecular weight is 350 g/mol. The zero-order valence-corrected chi connectivity index (χ0v) is 14.9. The number of nitrogens with one attached hydrogen (secondary N) is 1. The van der Waals surface area contributed by atoms with Gasteiger partial charge in [-0.2, -0.15) is 0 Å². The van der Waals surface area contributed by atoms with Gasteiger partial charge in [0.15, 0.2) is 0 Å². The molecule has 0 spiro atoms. The summed E-state index contributed by atoms with van der Waals surface area (Å²) in [6.07, 6.45) is 5.43. The second-order valence-corrected chi connectivity index (χ2v) is 8.23. The van der Waals surface area contributed by atoms with Crippen LogP contribution in [0.15, 0.2) is 36.4 Å². The molecule has 3 amide bonds. The van der Waals surface area contributed by atoms with E-state index in [9.17, 15) is 14.4 Å². The highest BCUT2D eigenvalue weighted by atomic mass is 16.2. The Morgan fingerprint density at radius 3 is 2.12 bits per heavy atom. The molecule has 5 heteroatoms. The number of allylic oxidation sites excluding steroid dienone is 2. The number of likely N-dealkylation sites (tertiary alicyclic amines) is 1. The van der Waals surface area contributed by atoms with Gasteiger partial charge in [-0.1, -0.05) is 29.8 Å². The standard InChI is InChI=1S/C21H22N2O3/c1-10-3-5-12(6-4-10)22-19(24)11(2)23-20(25)17-13-7-8-14(16-9-15(13)16)18(17)21(23)26/h3-8,11,13-18H,9H2,1-2H3,(H,22,24)/t11-,13-,14-,15-,16-,17-,18+/m1/s1. The van der Waals surface area contributed by atoms with E-state index in [0.29, 0.717) is 17.5 Å². The third kappa shape index (κ3) is 2.06. The van der Waals surface area contributed by atoms with Crippen molar-refractivity contribution in [3.8, 4) is 0 Å². The van der Waals surface area contributed by atoms with E-state index in [1.807, 2.05) is 31.2 Å². The van der Waals surface area contributed by atoms with Gasteiger partial charge in [-0.3, -0.25) is 19.3 Å². The van der Waals surface area contributed by atoms with Gasteiger partial charge in [-0.05, 0) is 56.1 Å². The highest BCUT2D eigenvalue weighted by molar-refractivity contribution is 6.10. The Morgan fingerprint density at radius 1 is 1.04 bits per heavy atom. The summed E-state index contributed by atoms with van der Waals surface area (Å²) in [5.74, 6) is 0.367. The minimum Gasteiger partial charge on any atom is -0.324 e. The number of amides is 3. The zero-order chi connectivity index (χ0) is 18.2. The number of aryl methyl sites for hydroxylation is 1. The first-order valence-corrected chi connectivity index (χ1v) is 9.40. The SMILES string of the molecule is Cc1ccc(NC(=O)[C@@H](C)N2C(=O)[C@@H]3[C@@H]4C=C[C@H]([C@H]5C[C@H]45)[C@@H]3C2=O)cc1. The number of hydrogen-bond donors (Lipinski definition) is 1. The molecule has 1 saturated heterocycles. The summed E-state index contributed by atoms with van der Waals surface area (Å²) >= 11 is 0. The fourth-order valence-electron chi connectivity index (χ4n) is 5.36. The lowest BCUT2D eigenvalue weighted by Gasteiger charge is -2.37. The third-order valence-corrected chi connectivity index (χ3v) is 6.78.